The van der Waals surface area contributed by atoms with Crippen LogP contribution in [0.4, 0.5) is 5.69 Å². The number of hydrogen-bond donors (Lipinski definition) is 1. The number of sulfone groups is 1. The summed E-state index contributed by atoms with van der Waals surface area (Å²) < 4.78 is 23.4. The maximum absolute atomic E-state index is 11.7. The van der Waals surface area contributed by atoms with Gasteiger partial charge in [0.05, 0.1) is 10.6 Å². The Kier molecular flexibility index (Phi) is 3.85. The van der Waals surface area contributed by atoms with Gasteiger partial charge in [-0.3, -0.25) is 0 Å². The Labute approximate surface area is 120 Å². The predicted octanol–water partition coefficient (Wildman–Crippen LogP) is 3.30. The van der Waals surface area contributed by atoms with Crippen molar-refractivity contribution in [2.24, 2.45) is 5.41 Å². The van der Waals surface area contributed by atoms with Crippen molar-refractivity contribution in [1.82, 2.24) is 0 Å². The van der Waals surface area contributed by atoms with Crippen LogP contribution < -0.4 is 5.32 Å². The zero-order valence-electron chi connectivity index (χ0n) is 11.5. The predicted molar refractivity (Wildman–Crippen MR) is 79.6 cm³/mol. The summed E-state index contributed by atoms with van der Waals surface area (Å²) in [6.07, 6.45) is 0.934. The molecule has 2 unspecified atom stereocenters. The lowest BCUT2D eigenvalue weighted by Crippen LogP contribution is -2.54. The third-order valence-corrected chi connectivity index (χ3v) is 6.57. The molecule has 1 N–H and O–H groups in total. The van der Waals surface area contributed by atoms with Gasteiger partial charge in [-0.2, -0.15) is 0 Å². The van der Waals surface area contributed by atoms with E-state index < -0.39 is 9.84 Å². The number of benzene rings is 1. The van der Waals surface area contributed by atoms with E-state index in [0.29, 0.717) is 10.9 Å². The van der Waals surface area contributed by atoms with Gasteiger partial charge >= 0.3 is 0 Å². The van der Waals surface area contributed by atoms with Crippen LogP contribution in [0.15, 0.2) is 29.2 Å². The van der Waals surface area contributed by atoms with Gasteiger partial charge in [-0.05, 0) is 30.7 Å². The van der Waals surface area contributed by atoms with Crippen LogP contribution in [0.2, 0.25) is 0 Å². The van der Waals surface area contributed by atoms with E-state index in [2.05, 4.69) is 19.2 Å². The quantitative estimate of drug-likeness (QED) is 0.868. The highest BCUT2D eigenvalue weighted by Gasteiger charge is 2.47. The molecular formula is C14H20ClNO2S. The van der Waals surface area contributed by atoms with Gasteiger partial charge in [0.1, 0.15) is 0 Å². The highest BCUT2D eigenvalue weighted by Crippen LogP contribution is 2.45. The normalized spacial score (nSPS) is 25.7. The molecule has 0 heterocycles. The van der Waals surface area contributed by atoms with Crippen LogP contribution in [-0.2, 0) is 9.84 Å². The lowest BCUT2D eigenvalue weighted by molar-refractivity contribution is 0.168. The Morgan fingerprint density at radius 2 is 1.89 bits per heavy atom. The smallest absolute Gasteiger partial charge is 0.178 e. The van der Waals surface area contributed by atoms with E-state index in [1.54, 1.807) is 19.1 Å². The third kappa shape index (κ3) is 2.75. The fraction of sp³-hybridized carbons (Fsp3) is 0.571. The number of halogens is 1. The molecule has 0 spiro atoms. The maximum atomic E-state index is 11.7. The molecule has 0 bridgehead atoms. The second-order valence-electron chi connectivity index (χ2n) is 5.65. The summed E-state index contributed by atoms with van der Waals surface area (Å²) in [5, 5.41) is 3.62. The molecule has 0 saturated heterocycles. The summed E-state index contributed by atoms with van der Waals surface area (Å²) in [6.45, 7) is 5.93. The van der Waals surface area contributed by atoms with E-state index in [9.17, 15) is 8.42 Å². The van der Waals surface area contributed by atoms with Crippen LogP contribution in [-0.4, -0.2) is 25.6 Å². The SMILES string of the molecule is CCS(=O)(=O)c1ccc(NC2CC(Cl)C2(C)C)cc1. The fourth-order valence-corrected chi connectivity index (χ4v) is 3.46. The van der Waals surface area contributed by atoms with Crippen molar-refractivity contribution in [3.8, 4) is 0 Å². The van der Waals surface area contributed by atoms with Gasteiger partial charge < -0.3 is 5.32 Å². The topological polar surface area (TPSA) is 46.2 Å². The Morgan fingerprint density at radius 1 is 1.32 bits per heavy atom. The van der Waals surface area contributed by atoms with Crippen molar-refractivity contribution in [3.63, 3.8) is 0 Å². The molecule has 2 rings (SSSR count). The van der Waals surface area contributed by atoms with Gasteiger partial charge in [0, 0.05) is 22.5 Å². The molecule has 2 atom stereocenters. The van der Waals surface area contributed by atoms with Crippen molar-refractivity contribution in [1.29, 1.82) is 0 Å². The summed E-state index contributed by atoms with van der Waals surface area (Å²) >= 11 is 6.19. The van der Waals surface area contributed by atoms with Gasteiger partial charge in [0.15, 0.2) is 9.84 Å². The third-order valence-electron chi connectivity index (χ3n) is 4.08. The molecule has 1 saturated carbocycles. The Bertz CT molecular complexity index is 551. The highest BCUT2D eigenvalue weighted by atomic mass is 35.5. The number of anilines is 1. The van der Waals surface area contributed by atoms with Crippen LogP contribution in [0.25, 0.3) is 0 Å². The molecule has 1 aliphatic rings. The Hall–Kier alpha value is -0.740. The first-order chi connectivity index (χ1) is 8.77. The monoisotopic (exact) mass is 301 g/mol. The van der Waals surface area contributed by atoms with Crippen molar-refractivity contribution in [2.45, 2.75) is 43.5 Å². The number of rotatable bonds is 4. The van der Waals surface area contributed by atoms with E-state index in [0.717, 1.165) is 12.1 Å². The second kappa shape index (κ2) is 4.98. The molecule has 3 nitrogen and oxygen atoms in total. The molecule has 5 heteroatoms. The van der Waals surface area contributed by atoms with Crippen molar-refractivity contribution in [2.75, 3.05) is 11.1 Å². The van der Waals surface area contributed by atoms with Crippen LogP contribution in [0.3, 0.4) is 0 Å². The fourth-order valence-electron chi connectivity index (χ4n) is 2.24. The molecule has 0 aromatic heterocycles. The van der Waals surface area contributed by atoms with Gasteiger partial charge in [0.25, 0.3) is 0 Å². The number of hydrogen-bond acceptors (Lipinski definition) is 3. The van der Waals surface area contributed by atoms with E-state index in [1.807, 2.05) is 12.1 Å². The summed E-state index contributed by atoms with van der Waals surface area (Å²) in [5.41, 5.74) is 1.01. The molecular weight excluding hydrogens is 282 g/mol. The Morgan fingerprint density at radius 3 is 2.32 bits per heavy atom. The molecule has 106 valence electrons. The van der Waals surface area contributed by atoms with Crippen LogP contribution in [0.1, 0.15) is 27.2 Å². The lowest BCUT2D eigenvalue weighted by Gasteiger charge is -2.49. The van der Waals surface area contributed by atoms with Gasteiger partial charge in [-0.25, -0.2) is 8.42 Å². The minimum Gasteiger partial charge on any atom is -0.382 e. The van der Waals surface area contributed by atoms with E-state index in [-0.39, 0.29) is 16.5 Å². The van der Waals surface area contributed by atoms with Crippen LogP contribution in [0, 0.1) is 5.41 Å². The first-order valence-electron chi connectivity index (χ1n) is 6.51. The minimum absolute atomic E-state index is 0.0652. The van der Waals surface area contributed by atoms with Crippen LogP contribution in [0.5, 0.6) is 0 Å². The van der Waals surface area contributed by atoms with Crippen molar-refractivity contribution < 1.29 is 8.42 Å². The lowest BCUT2D eigenvalue weighted by atomic mass is 9.66. The first-order valence-corrected chi connectivity index (χ1v) is 8.59. The van der Waals surface area contributed by atoms with Crippen molar-refractivity contribution >= 4 is 27.1 Å². The largest absolute Gasteiger partial charge is 0.382 e. The average Bonchev–Trinajstić information content (AvgIpc) is 2.39. The second-order valence-corrected chi connectivity index (χ2v) is 8.45. The first kappa shape index (κ1) is 14.7. The summed E-state index contributed by atoms with van der Waals surface area (Å²) in [7, 11) is -3.12. The molecule has 19 heavy (non-hydrogen) atoms. The summed E-state index contributed by atoms with van der Waals surface area (Å²) in [6, 6.07) is 7.29. The maximum Gasteiger partial charge on any atom is 0.178 e. The molecule has 1 fully saturated rings. The summed E-state index contributed by atoms with van der Waals surface area (Å²) in [4.78, 5) is 0.378. The van der Waals surface area contributed by atoms with E-state index >= 15 is 0 Å². The number of alkyl halides is 1. The molecule has 1 aromatic carbocycles. The van der Waals surface area contributed by atoms with Gasteiger partial charge in [0.2, 0.25) is 0 Å². The number of nitrogens with one attached hydrogen (secondary N) is 1. The molecule has 0 amide bonds. The van der Waals surface area contributed by atoms with E-state index in [4.69, 9.17) is 11.6 Å². The zero-order valence-corrected chi connectivity index (χ0v) is 13.1. The Balaban J connectivity index is 2.09. The highest BCUT2D eigenvalue weighted by molar-refractivity contribution is 7.91. The van der Waals surface area contributed by atoms with Gasteiger partial charge in [-0.15, -0.1) is 11.6 Å². The average molecular weight is 302 g/mol. The molecule has 0 radical (unpaired) electrons. The van der Waals surface area contributed by atoms with Crippen LogP contribution >= 0.6 is 11.6 Å². The zero-order chi connectivity index (χ0) is 14.3. The standard InChI is InChI=1S/C14H20ClNO2S/c1-4-19(17,18)11-7-5-10(6-8-11)16-13-9-12(15)14(13,2)3/h5-8,12-13,16H,4,9H2,1-3H3. The van der Waals surface area contributed by atoms with E-state index in [1.165, 1.54) is 0 Å². The summed E-state index contributed by atoms with van der Waals surface area (Å²) in [5.74, 6) is 0.128. The van der Waals surface area contributed by atoms with Crippen molar-refractivity contribution in [3.05, 3.63) is 24.3 Å². The minimum atomic E-state index is -3.12. The molecule has 0 aliphatic heterocycles. The van der Waals surface area contributed by atoms with Gasteiger partial charge in [-0.1, -0.05) is 20.8 Å². The molecule has 1 aromatic rings. The molecule has 1 aliphatic carbocycles.